The van der Waals surface area contributed by atoms with Crippen molar-refractivity contribution >= 4 is 46.3 Å². The van der Waals surface area contributed by atoms with Crippen LogP contribution in [-0.4, -0.2) is 11.9 Å². The Hall–Kier alpha value is -2.05. The van der Waals surface area contributed by atoms with Gasteiger partial charge in [0.1, 0.15) is 0 Å². The largest absolute Gasteiger partial charge is 0.351 e. The summed E-state index contributed by atoms with van der Waals surface area (Å²) in [6.07, 6.45) is 0.279. The molecule has 7 heteroatoms. The number of rotatable bonds is 4. The van der Waals surface area contributed by atoms with E-state index in [9.17, 15) is 9.59 Å². The molecule has 1 heterocycles. The average Bonchev–Trinajstić information content (AvgIpc) is 2.85. The third-order valence-electron chi connectivity index (χ3n) is 2.42. The Balaban J connectivity index is 2.07. The molecule has 20 heavy (non-hydrogen) atoms. The molecule has 1 aromatic heterocycles. The van der Waals surface area contributed by atoms with Crippen LogP contribution in [0.1, 0.15) is 4.88 Å². The molecular formula is C13H12ClN3O2S. The number of carbonyl (C=O) groups is 2. The van der Waals surface area contributed by atoms with E-state index in [1.54, 1.807) is 18.2 Å². The van der Waals surface area contributed by atoms with Gasteiger partial charge in [0, 0.05) is 10.6 Å². The molecule has 0 aliphatic rings. The molecule has 0 saturated carbocycles. The number of nitrogens with two attached hydrogens (primary N) is 1. The lowest BCUT2D eigenvalue weighted by atomic mass is 10.2. The zero-order valence-electron chi connectivity index (χ0n) is 10.4. The van der Waals surface area contributed by atoms with Gasteiger partial charge >= 0.3 is 6.03 Å². The Morgan fingerprint density at radius 3 is 2.70 bits per heavy atom. The average molecular weight is 310 g/mol. The number of benzene rings is 1. The third kappa shape index (κ3) is 3.97. The minimum Gasteiger partial charge on any atom is -0.351 e. The highest BCUT2D eigenvalue weighted by molar-refractivity contribution is 7.10. The first kappa shape index (κ1) is 14.4. The molecule has 5 nitrogen and oxygen atoms in total. The minimum atomic E-state index is -0.678. The van der Waals surface area contributed by atoms with Crippen molar-refractivity contribution in [1.29, 1.82) is 0 Å². The molecule has 0 saturated heterocycles. The van der Waals surface area contributed by atoms with Gasteiger partial charge in [0.25, 0.3) is 0 Å². The van der Waals surface area contributed by atoms with E-state index in [4.69, 9.17) is 17.3 Å². The van der Waals surface area contributed by atoms with Crippen LogP contribution >= 0.6 is 22.9 Å². The predicted molar refractivity (Wildman–Crippen MR) is 81.3 cm³/mol. The van der Waals surface area contributed by atoms with E-state index in [1.807, 2.05) is 17.5 Å². The number of hydrogen-bond donors (Lipinski definition) is 3. The Morgan fingerprint density at radius 1 is 1.25 bits per heavy atom. The first-order valence-electron chi connectivity index (χ1n) is 5.73. The van der Waals surface area contributed by atoms with Crippen molar-refractivity contribution < 1.29 is 9.59 Å². The molecule has 0 spiro atoms. The first-order chi connectivity index (χ1) is 9.54. The molecule has 1 aromatic carbocycles. The van der Waals surface area contributed by atoms with E-state index in [1.165, 1.54) is 11.3 Å². The second-order valence-electron chi connectivity index (χ2n) is 3.99. The minimum absolute atomic E-state index is 0.175. The number of carbonyl (C=O) groups excluding carboxylic acids is 2. The topological polar surface area (TPSA) is 84.2 Å². The van der Waals surface area contributed by atoms with Gasteiger partial charge in [-0.3, -0.25) is 4.79 Å². The number of thiophene rings is 1. The summed E-state index contributed by atoms with van der Waals surface area (Å²) in [5.74, 6) is -0.175. The van der Waals surface area contributed by atoms with Crippen LogP contribution in [0.3, 0.4) is 0 Å². The molecule has 0 atom stereocenters. The van der Waals surface area contributed by atoms with Crippen LogP contribution in [0.4, 0.5) is 16.2 Å². The summed E-state index contributed by atoms with van der Waals surface area (Å²) < 4.78 is 0. The van der Waals surface area contributed by atoms with Crippen molar-refractivity contribution in [1.82, 2.24) is 0 Å². The highest BCUT2D eigenvalue weighted by atomic mass is 35.5. The van der Waals surface area contributed by atoms with Crippen molar-refractivity contribution in [3.05, 3.63) is 45.6 Å². The fourth-order valence-corrected chi connectivity index (χ4v) is 2.48. The van der Waals surface area contributed by atoms with Gasteiger partial charge in [-0.05, 0) is 29.6 Å². The third-order valence-corrected chi connectivity index (χ3v) is 3.63. The molecule has 0 unspecified atom stereocenters. The highest BCUT2D eigenvalue weighted by Gasteiger charge is 2.09. The number of anilines is 2. The Bertz CT molecular complexity index is 629. The van der Waals surface area contributed by atoms with Crippen molar-refractivity contribution in [3.63, 3.8) is 0 Å². The summed E-state index contributed by atoms with van der Waals surface area (Å²) in [5.41, 5.74) is 5.93. The summed E-state index contributed by atoms with van der Waals surface area (Å²) in [7, 11) is 0. The molecular weight excluding hydrogens is 298 g/mol. The zero-order valence-corrected chi connectivity index (χ0v) is 11.9. The van der Waals surface area contributed by atoms with Gasteiger partial charge in [0.15, 0.2) is 0 Å². The number of halogens is 1. The Labute approximate surface area is 124 Å². The second kappa shape index (κ2) is 6.40. The fourth-order valence-electron chi connectivity index (χ4n) is 1.61. The number of hydrogen-bond acceptors (Lipinski definition) is 3. The van der Waals surface area contributed by atoms with Crippen LogP contribution in [0, 0.1) is 0 Å². The quantitative estimate of drug-likeness (QED) is 0.811. The van der Waals surface area contributed by atoms with Crippen molar-refractivity contribution in [3.8, 4) is 0 Å². The summed E-state index contributed by atoms with van der Waals surface area (Å²) >= 11 is 7.51. The Kier molecular flexibility index (Phi) is 4.60. The maximum atomic E-state index is 11.9. The van der Waals surface area contributed by atoms with Gasteiger partial charge < -0.3 is 16.4 Å². The van der Waals surface area contributed by atoms with Gasteiger partial charge in [0.05, 0.1) is 17.1 Å². The van der Waals surface area contributed by atoms with Crippen molar-refractivity contribution in [2.75, 3.05) is 10.6 Å². The lowest BCUT2D eigenvalue weighted by Crippen LogP contribution is -2.19. The number of nitrogens with one attached hydrogen (secondary N) is 2. The molecule has 0 bridgehead atoms. The molecule has 2 rings (SSSR count). The lowest BCUT2D eigenvalue weighted by Gasteiger charge is -2.09. The van der Waals surface area contributed by atoms with Crippen LogP contribution < -0.4 is 16.4 Å². The van der Waals surface area contributed by atoms with Crippen LogP contribution in [0.15, 0.2) is 35.7 Å². The predicted octanol–water partition coefficient (Wildman–Crippen LogP) is 3.07. The molecule has 104 valence electrons. The molecule has 0 aliphatic heterocycles. The van der Waals surface area contributed by atoms with E-state index >= 15 is 0 Å². The number of amides is 3. The Morgan fingerprint density at radius 2 is 2.05 bits per heavy atom. The van der Waals surface area contributed by atoms with Crippen LogP contribution in [-0.2, 0) is 11.2 Å². The summed E-state index contributed by atoms with van der Waals surface area (Å²) in [4.78, 5) is 23.6. The summed E-state index contributed by atoms with van der Waals surface area (Å²) in [6, 6.07) is 7.83. The van der Waals surface area contributed by atoms with Crippen LogP contribution in [0.25, 0.3) is 0 Å². The van der Waals surface area contributed by atoms with Crippen LogP contribution in [0.5, 0.6) is 0 Å². The molecule has 0 fully saturated rings. The van der Waals surface area contributed by atoms with Gasteiger partial charge in [0.2, 0.25) is 5.91 Å². The van der Waals surface area contributed by atoms with E-state index in [2.05, 4.69) is 10.6 Å². The SMILES string of the molecule is NC(=O)Nc1ccc(Cl)c(NC(=O)Cc2cccs2)c1. The van der Waals surface area contributed by atoms with Crippen LogP contribution in [0.2, 0.25) is 5.02 Å². The molecule has 0 radical (unpaired) electrons. The second-order valence-corrected chi connectivity index (χ2v) is 5.43. The number of urea groups is 1. The van der Waals surface area contributed by atoms with E-state index in [0.717, 1.165) is 4.88 Å². The molecule has 2 aromatic rings. The maximum Gasteiger partial charge on any atom is 0.316 e. The fraction of sp³-hybridized carbons (Fsp3) is 0.0769. The van der Waals surface area contributed by atoms with Crippen molar-refractivity contribution in [2.24, 2.45) is 5.73 Å². The van der Waals surface area contributed by atoms with Gasteiger partial charge in [-0.1, -0.05) is 17.7 Å². The lowest BCUT2D eigenvalue weighted by molar-refractivity contribution is -0.115. The zero-order chi connectivity index (χ0) is 14.5. The van der Waals surface area contributed by atoms with Gasteiger partial charge in [-0.2, -0.15) is 0 Å². The van der Waals surface area contributed by atoms with E-state index < -0.39 is 6.03 Å². The normalized spacial score (nSPS) is 10.1. The maximum absolute atomic E-state index is 11.9. The number of primary amides is 1. The van der Waals surface area contributed by atoms with E-state index in [0.29, 0.717) is 16.4 Å². The summed E-state index contributed by atoms with van der Waals surface area (Å²) in [6.45, 7) is 0. The van der Waals surface area contributed by atoms with Gasteiger partial charge in [-0.25, -0.2) is 4.79 Å². The molecule has 4 N–H and O–H groups in total. The van der Waals surface area contributed by atoms with Crippen molar-refractivity contribution in [2.45, 2.75) is 6.42 Å². The smallest absolute Gasteiger partial charge is 0.316 e. The summed E-state index contributed by atoms with van der Waals surface area (Å²) in [5, 5.41) is 7.43. The van der Waals surface area contributed by atoms with Gasteiger partial charge in [-0.15, -0.1) is 11.3 Å². The molecule has 3 amide bonds. The standard InChI is InChI=1S/C13H12ClN3O2S/c14-10-4-3-8(16-13(15)19)6-11(10)17-12(18)7-9-2-1-5-20-9/h1-6H,7H2,(H,17,18)(H3,15,16,19). The van der Waals surface area contributed by atoms with E-state index in [-0.39, 0.29) is 12.3 Å². The monoisotopic (exact) mass is 309 g/mol. The first-order valence-corrected chi connectivity index (χ1v) is 6.98. The highest BCUT2D eigenvalue weighted by Crippen LogP contribution is 2.25. The molecule has 0 aliphatic carbocycles.